The van der Waals surface area contributed by atoms with Crippen molar-refractivity contribution in [1.82, 2.24) is 10.7 Å². The zero-order valence-corrected chi connectivity index (χ0v) is 6.63. The van der Waals surface area contributed by atoms with Crippen LogP contribution in [0.2, 0.25) is 0 Å². The monoisotopic (exact) mass is 206 g/mol. The molecule has 0 aromatic rings. The predicted octanol–water partition coefficient (Wildman–Crippen LogP) is 0.0994. The largest absolute Gasteiger partial charge is 0.396 e. The topological polar surface area (TPSA) is 46.9 Å². The minimum absolute atomic E-state index is 0.946. The Morgan fingerprint density at radius 1 is 0.846 bits per heavy atom. The van der Waals surface area contributed by atoms with E-state index in [1.807, 2.05) is 0 Å². The molecule has 0 saturated heterocycles. The highest BCUT2D eigenvalue weighted by atomic mass is 19.4. The van der Waals surface area contributed by atoms with Gasteiger partial charge < -0.3 is 10.2 Å². The van der Waals surface area contributed by atoms with Crippen LogP contribution in [-0.4, -0.2) is 47.2 Å². The first-order chi connectivity index (χ1) is 5.95. The van der Waals surface area contributed by atoms with Crippen LogP contribution in [0.3, 0.4) is 0 Å². The van der Waals surface area contributed by atoms with Crippen molar-refractivity contribution in [2.75, 3.05) is 26.3 Å². The van der Waals surface area contributed by atoms with Gasteiger partial charge in [-0.05, 0) is 0 Å². The summed E-state index contributed by atoms with van der Waals surface area (Å²) in [5.74, 6) is 0. The molecule has 0 amide bonds. The fraction of sp³-hybridized carbons (Fsp3) is 1.00. The first-order valence-electron chi connectivity index (χ1n) is 3.36. The summed E-state index contributed by atoms with van der Waals surface area (Å²) in [5.41, 5.74) is -1.91. The molecule has 0 bridgehead atoms. The van der Waals surface area contributed by atoms with Gasteiger partial charge in [-0.15, -0.1) is 17.9 Å². The first kappa shape index (κ1) is 12.6. The van der Waals surface area contributed by atoms with Gasteiger partial charge in [0.2, 0.25) is 0 Å². The van der Waals surface area contributed by atoms with Gasteiger partial charge in [0.05, 0.1) is 31.7 Å². The Morgan fingerprint density at radius 2 is 1.15 bits per heavy atom. The van der Waals surface area contributed by atoms with Crippen LogP contribution in [0.1, 0.15) is 0 Å². The average molecular weight is 206 g/mol. The second kappa shape index (κ2) is 5.32. The van der Waals surface area contributed by atoms with Crippen molar-refractivity contribution in [2.45, 2.75) is 0 Å². The second-order valence-corrected chi connectivity index (χ2v) is 2.74. The van der Waals surface area contributed by atoms with Gasteiger partial charge in [0.15, 0.2) is 0 Å². The van der Waals surface area contributed by atoms with E-state index in [0.717, 1.165) is 0 Å². The summed E-state index contributed by atoms with van der Waals surface area (Å²) in [6, 6.07) is 0. The standard InChI is InChI=1S/C5H10F4N2O2/c6-10(7)1-5(3-12,4-13)2-11(8)9/h12-13H,1-4H2. The van der Waals surface area contributed by atoms with Crippen LogP contribution in [0.4, 0.5) is 17.9 Å². The SMILES string of the molecule is OCC(CO)(CN(F)F)CN(F)F. The molecule has 0 atom stereocenters. The van der Waals surface area contributed by atoms with Crippen LogP contribution in [0.5, 0.6) is 0 Å². The van der Waals surface area contributed by atoms with E-state index >= 15 is 0 Å². The minimum atomic E-state index is -1.91. The minimum Gasteiger partial charge on any atom is -0.396 e. The summed E-state index contributed by atoms with van der Waals surface area (Å²) < 4.78 is 46.8. The lowest BCUT2D eigenvalue weighted by Gasteiger charge is -2.28. The van der Waals surface area contributed by atoms with Gasteiger partial charge in [-0.2, -0.15) is 0 Å². The summed E-state index contributed by atoms with van der Waals surface area (Å²) in [7, 11) is 0. The van der Waals surface area contributed by atoms with Crippen molar-refractivity contribution in [2.24, 2.45) is 5.41 Å². The lowest BCUT2D eigenvalue weighted by Crippen LogP contribution is -2.44. The van der Waals surface area contributed by atoms with E-state index in [9.17, 15) is 17.9 Å². The van der Waals surface area contributed by atoms with Crippen LogP contribution in [-0.2, 0) is 0 Å². The van der Waals surface area contributed by atoms with Crippen molar-refractivity contribution in [3.63, 3.8) is 0 Å². The molecule has 80 valence electrons. The summed E-state index contributed by atoms with van der Waals surface area (Å²) in [5, 5.41) is 14.5. The maximum absolute atomic E-state index is 11.7. The van der Waals surface area contributed by atoms with Gasteiger partial charge >= 0.3 is 0 Å². The Morgan fingerprint density at radius 3 is 1.31 bits per heavy atom. The van der Waals surface area contributed by atoms with E-state index in [2.05, 4.69) is 0 Å². The third-order valence-electron chi connectivity index (χ3n) is 1.58. The highest BCUT2D eigenvalue weighted by Crippen LogP contribution is 2.20. The van der Waals surface area contributed by atoms with Crippen LogP contribution in [0.25, 0.3) is 0 Å². The molecule has 0 heterocycles. The molecule has 2 N–H and O–H groups in total. The van der Waals surface area contributed by atoms with Gasteiger partial charge in [-0.25, -0.2) is 0 Å². The zero-order chi connectivity index (χ0) is 10.5. The molecule has 0 aliphatic rings. The molecule has 13 heavy (non-hydrogen) atoms. The molecule has 0 fully saturated rings. The lowest BCUT2D eigenvalue weighted by atomic mass is 9.90. The summed E-state index contributed by atoms with van der Waals surface area (Å²) >= 11 is 0. The number of aliphatic hydroxyl groups excluding tert-OH is 2. The van der Waals surface area contributed by atoms with E-state index in [1.54, 1.807) is 0 Å². The molecule has 0 radical (unpaired) electrons. The maximum atomic E-state index is 11.7. The van der Waals surface area contributed by atoms with Crippen LogP contribution < -0.4 is 0 Å². The third kappa shape index (κ3) is 4.36. The molecule has 0 aliphatic carbocycles. The molecule has 0 aliphatic heterocycles. The average Bonchev–Trinajstić information content (AvgIpc) is 2.01. The molecule has 8 heteroatoms. The van der Waals surface area contributed by atoms with Gasteiger partial charge in [0.25, 0.3) is 0 Å². The highest BCUT2D eigenvalue weighted by molar-refractivity contribution is 4.79. The van der Waals surface area contributed by atoms with E-state index < -0.39 is 42.4 Å². The van der Waals surface area contributed by atoms with Crippen molar-refractivity contribution < 1.29 is 28.1 Å². The molecular weight excluding hydrogens is 196 g/mol. The fourth-order valence-corrected chi connectivity index (χ4v) is 0.807. The molecule has 0 aromatic carbocycles. The molecule has 0 saturated carbocycles. The predicted molar refractivity (Wildman–Crippen MR) is 34.4 cm³/mol. The van der Waals surface area contributed by atoms with Crippen molar-refractivity contribution in [1.29, 1.82) is 0 Å². The number of hydrogen-bond acceptors (Lipinski definition) is 4. The number of hydrogen-bond donors (Lipinski definition) is 2. The summed E-state index contributed by atoms with van der Waals surface area (Å²) in [6.45, 7) is -4.13. The summed E-state index contributed by atoms with van der Waals surface area (Å²) in [6.07, 6.45) is 0. The molecule has 0 aromatic heterocycles. The lowest BCUT2D eigenvalue weighted by molar-refractivity contribution is -0.223. The third-order valence-corrected chi connectivity index (χ3v) is 1.58. The van der Waals surface area contributed by atoms with E-state index in [1.165, 1.54) is 0 Å². The first-order valence-corrected chi connectivity index (χ1v) is 3.36. The van der Waals surface area contributed by atoms with Gasteiger partial charge in [-0.1, -0.05) is 0 Å². The number of rotatable bonds is 6. The van der Waals surface area contributed by atoms with Gasteiger partial charge in [0, 0.05) is 10.7 Å². The molecule has 4 nitrogen and oxygen atoms in total. The van der Waals surface area contributed by atoms with Gasteiger partial charge in [0.1, 0.15) is 0 Å². The van der Waals surface area contributed by atoms with Crippen LogP contribution in [0.15, 0.2) is 0 Å². The zero-order valence-electron chi connectivity index (χ0n) is 6.63. The molecule has 0 unspecified atom stereocenters. The van der Waals surface area contributed by atoms with Crippen LogP contribution >= 0.6 is 0 Å². The number of nitrogens with zero attached hydrogens (tertiary/aromatic N) is 2. The van der Waals surface area contributed by atoms with Crippen molar-refractivity contribution >= 4 is 0 Å². The van der Waals surface area contributed by atoms with Crippen molar-refractivity contribution in [3.8, 4) is 0 Å². The Labute approximate surface area is 71.7 Å². The Kier molecular flexibility index (Phi) is 5.14. The normalized spacial score (nSPS) is 12.9. The van der Waals surface area contributed by atoms with Crippen molar-refractivity contribution in [3.05, 3.63) is 0 Å². The molecule has 0 rings (SSSR count). The number of halogens is 4. The second-order valence-electron chi connectivity index (χ2n) is 2.74. The Balaban J connectivity index is 4.30. The maximum Gasteiger partial charge on any atom is 0.0734 e. The van der Waals surface area contributed by atoms with E-state index in [0.29, 0.717) is 0 Å². The fourth-order valence-electron chi connectivity index (χ4n) is 0.807. The Bertz CT molecular complexity index is 130. The molecule has 0 spiro atoms. The Hall–Kier alpha value is -0.440. The number of aliphatic hydroxyl groups is 2. The smallest absolute Gasteiger partial charge is 0.0734 e. The van der Waals surface area contributed by atoms with Gasteiger partial charge in [-0.3, -0.25) is 0 Å². The van der Waals surface area contributed by atoms with E-state index in [4.69, 9.17) is 10.2 Å². The highest BCUT2D eigenvalue weighted by Gasteiger charge is 2.35. The quantitative estimate of drug-likeness (QED) is 0.478. The summed E-state index contributed by atoms with van der Waals surface area (Å²) in [4.78, 5) is 0. The molecular formula is C5H10F4N2O2. The van der Waals surface area contributed by atoms with E-state index in [-0.39, 0.29) is 0 Å². The van der Waals surface area contributed by atoms with Crippen LogP contribution in [0, 0.1) is 5.41 Å².